The van der Waals surface area contributed by atoms with Gasteiger partial charge in [0.05, 0.1) is 5.69 Å². The predicted molar refractivity (Wildman–Crippen MR) is 38.9 cm³/mol. The number of nitrogens with one attached hydrogen (secondary N) is 1. The molecule has 1 heterocycles. The van der Waals surface area contributed by atoms with Crippen molar-refractivity contribution in [1.82, 2.24) is 10.5 Å². The number of likely N-dealkylation sites (N-methyl/N-ethyl adjacent to an activating group) is 1. The molecule has 3 heteroatoms. The minimum absolute atomic E-state index is 0.943. The van der Waals surface area contributed by atoms with Gasteiger partial charge in [0.1, 0.15) is 6.26 Å². The van der Waals surface area contributed by atoms with Crippen LogP contribution in [0.25, 0.3) is 0 Å². The third kappa shape index (κ3) is 1.57. The van der Waals surface area contributed by atoms with Gasteiger partial charge in [0, 0.05) is 18.5 Å². The maximum absolute atomic E-state index is 4.76. The summed E-state index contributed by atoms with van der Waals surface area (Å²) in [6.07, 6.45) is 2.61. The zero-order valence-electron chi connectivity index (χ0n) is 6.35. The van der Waals surface area contributed by atoms with Crippen molar-refractivity contribution in [3.05, 3.63) is 17.5 Å². The highest BCUT2D eigenvalue weighted by Gasteiger charge is 2.00. The van der Waals surface area contributed by atoms with Crippen LogP contribution in [0.4, 0.5) is 0 Å². The smallest absolute Gasteiger partial charge is 0.126 e. The van der Waals surface area contributed by atoms with E-state index in [0.29, 0.717) is 0 Å². The van der Waals surface area contributed by atoms with Crippen LogP contribution < -0.4 is 5.32 Å². The van der Waals surface area contributed by atoms with Crippen LogP contribution in [-0.2, 0) is 6.42 Å². The molecule has 0 aliphatic carbocycles. The van der Waals surface area contributed by atoms with Crippen LogP contribution in [0.5, 0.6) is 0 Å². The fraction of sp³-hybridized carbons (Fsp3) is 0.571. The van der Waals surface area contributed by atoms with Gasteiger partial charge in [-0.1, -0.05) is 5.16 Å². The summed E-state index contributed by atoms with van der Waals surface area (Å²) in [6, 6.07) is 0. The van der Waals surface area contributed by atoms with Crippen molar-refractivity contribution in [1.29, 1.82) is 0 Å². The van der Waals surface area contributed by atoms with E-state index in [9.17, 15) is 0 Å². The largest absolute Gasteiger partial charge is 0.364 e. The quantitative estimate of drug-likeness (QED) is 0.673. The Labute approximate surface area is 60.4 Å². The molecule has 0 saturated carbocycles. The lowest BCUT2D eigenvalue weighted by Gasteiger charge is -1.93. The number of rotatable bonds is 3. The molecule has 0 saturated heterocycles. The monoisotopic (exact) mass is 140 g/mol. The molecule has 0 spiro atoms. The molecule has 0 radical (unpaired) electrons. The molecular formula is C7H12N2O. The highest BCUT2D eigenvalue weighted by molar-refractivity contribution is 5.11. The number of aryl methyl sites for hydroxylation is 1. The van der Waals surface area contributed by atoms with Gasteiger partial charge in [-0.25, -0.2) is 0 Å². The summed E-state index contributed by atoms with van der Waals surface area (Å²) in [6.45, 7) is 2.95. The van der Waals surface area contributed by atoms with Crippen molar-refractivity contribution >= 4 is 0 Å². The van der Waals surface area contributed by atoms with Crippen molar-refractivity contribution in [3.8, 4) is 0 Å². The second-order valence-corrected chi connectivity index (χ2v) is 2.30. The van der Waals surface area contributed by atoms with Crippen LogP contribution in [0.1, 0.15) is 11.3 Å². The molecule has 1 aromatic rings. The van der Waals surface area contributed by atoms with E-state index < -0.39 is 0 Å². The van der Waals surface area contributed by atoms with Crippen LogP contribution in [0.15, 0.2) is 10.8 Å². The first-order valence-electron chi connectivity index (χ1n) is 3.39. The standard InChI is InChI=1S/C7H12N2O/c1-6-5-10-9-7(6)3-4-8-2/h5,8H,3-4H2,1-2H3. The van der Waals surface area contributed by atoms with Gasteiger partial charge in [0.25, 0.3) is 0 Å². The summed E-state index contributed by atoms with van der Waals surface area (Å²) in [5, 5.41) is 6.89. The SMILES string of the molecule is CNCCc1nocc1C. The Morgan fingerprint density at radius 2 is 2.50 bits per heavy atom. The molecule has 0 aliphatic rings. The Kier molecular flexibility index (Phi) is 2.45. The lowest BCUT2D eigenvalue weighted by atomic mass is 10.2. The highest BCUT2D eigenvalue weighted by Crippen LogP contribution is 2.03. The van der Waals surface area contributed by atoms with E-state index in [1.807, 2.05) is 14.0 Å². The molecule has 1 rings (SSSR count). The Morgan fingerprint density at radius 3 is 3.00 bits per heavy atom. The van der Waals surface area contributed by atoms with Crippen molar-refractivity contribution < 1.29 is 4.52 Å². The molecule has 0 aromatic carbocycles. The fourth-order valence-electron chi connectivity index (χ4n) is 0.795. The first-order valence-corrected chi connectivity index (χ1v) is 3.39. The van der Waals surface area contributed by atoms with Crippen molar-refractivity contribution in [2.75, 3.05) is 13.6 Å². The minimum Gasteiger partial charge on any atom is -0.364 e. The molecular weight excluding hydrogens is 128 g/mol. The third-order valence-corrected chi connectivity index (χ3v) is 1.46. The average molecular weight is 140 g/mol. The highest BCUT2D eigenvalue weighted by atomic mass is 16.5. The lowest BCUT2D eigenvalue weighted by Crippen LogP contribution is -2.10. The summed E-state index contributed by atoms with van der Waals surface area (Å²) in [4.78, 5) is 0. The van der Waals surface area contributed by atoms with E-state index in [-0.39, 0.29) is 0 Å². The Balaban J connectivity index is 2.49. The molecule has 56 valence electrons. The van der Waals surface area contributed by atoms with Gasteiger partial charge < -0.3 is 9.84 Å². The predicted octanol–water partition coefficient (Wildman–Crippen LogP) is 0.745. The molecule has 0 amide bonds. The zero-order chi connectivity index (χ0) is 7.40. The maximum atomic E-state index is 4.76. The summed E-state index contributed by atoms with van der Waals surface area (Å²) in [5.41, 5.74) is 2.18. The van der Waals surface area contributed by atoms with E-state index in [1.54, 1.807) is 6.26 Å². The molecule has 0 aliphatic heterocycles. The van der Waals surface area contributed by atoms with Crippen molar-refractivity contribution in [3.63, 3.8) is 0 Å². The van der Waals surface area contributed by atoms with Gasteiger partial charge in [-0.15, -0.1) is 0 Å². The summed E-state index contributed by atoms with van der Waals surface area (Å²) < 4.78 is 4.76. The maximum Gasteiger partial charge on any atom is 0.126 e. The van der Waals surface area contributed by atoms with Crippen LogP contribution in [0.2, 0.25) is 0 Å². The molecule has 3 nitrogen and oxygen atoms in total. The Hall–Kier alpha value is -0.830. The lowest BCUT2D eigenvalue weighted by molar-refractivity contribution is 0.411. The first kappa shape index (κ1) is 7.28. The Bertz CT molecular complexity index is 195. The van der Waals surface area contributed by atoms with E-state index in [4.69, 9.17) is 4.52 Å². The van der Waals surface area contributed by atoms with Gasteiger partial charge in [-0.3, -0.25) is 0 Å². The first-order chi connectivity index (χ1) is 4.84. The van der Waals surface area contributed by atoms with Crippen LogP contribution >= 0.6 is 0 Å². The van der Waals surface area contributed by atoms with Gasteiger partial charge in [-0.2, -0.15) is 0 Å². The van der Waals surface area contributed by atoms with E-state index in [0.717, 1.165) is 24.2 Å². The van der Waals surface area contributed by atoms with E-state index in [2.05, 4.69) is 10.5 Å². The topological polar surface area (TPSA) is 38.1 Å². The third-order valence-electron chi connectivity index (χ3n) is 1.46. The number of hydrogen-bond donors (Lipinski definition) is 1. The Morgan fingerprint density at radius 1 is 1.70 bits per heavy atom. The van der Waals surface area contributed by atoms with E-state index >= 15 is 0 Å². The van der Waals surface area contributed by atoms with E-state index in [1.165, 1.54) is 0 Å². The molecule has 1 N–H and O–H groups in total. The second kappa shape index (κ2) is 3.37. The van der Waals surface area contributed by atoms with Crippen molar-refractivity contribution in [2.45, 2.75) is 13.3 Å². The molecule has 0 bridgehead atoms. The average Bonchev–Trinajstić information content (AvgIpc) is 2.31. The fourth-order valence-corrected chi connectivity index (χ4v) is 0.795. The molecule has 0 unspecified atom stereocenters. The van der Waals surface area contributed by atoms with Gasteiger partial charge in [-0.05, 0) is 14.0 Å². The summed E-state index contributed by atoms with van der Waals surface area (Å²) in [7, 11) is 1.93. The zero-order valence-corrected chi connectivity index (χ0v) is 6.35. The molecule has 10 heavy (non-hydrogen) atoms. The molecule has 1 aromatic heterocycles. The summed E-state index contributed by atoms with van der Waals surface area (Å²) >= 11 is 0. The van der Waals surface area contributed by atoms with Crippen LogP contribution in [-0.4, -0.2) is 18.7 Å². The van der Waals surface area contributed by atoms with Crippen LogP contribution in [0, 0.1) is 6.92 Å². The summed E-state index contributed by atoms with van der Waals surface area (Å²) in [5.74, 6) is 0. The molecule has 0 fully saturated rings. The van der Waals surface area contributed by atoms with Crippen LogP contribution in [0.3, 0.4) is 0 Å². The molecule has 0 atom stereocenters. The number of nitrogens with zero attached hydrogens (tertiary/aromatic N) is 1. The second-order valence-electron chi connectivity index (χ2n) is 2.30. The number of hydrogen-bond acceptors (Lipinski definition) is 3. The van der Waals surface area contributed by atoms with Gasteiger partial charge >= 0.3 is 0 Å². The number of aromatic nitrogens is 1. The van der Waals surface area contributed by atoms with Gasteiger partial charge in [0.15, 0.2) is 0 Å². The van der Waals surface area contributed by atoms with Gasteiger partial charge in [0.2, 0.25) is 0 Å². The normalized spacial score (nSPS) is 10.2. The minimum atomic E-state index is 0.943. The van der Waals surface area contributed by atoms with Crippen molar-refractivity contribution in [2.24, 2.45) is 0 Å².